The number of hydrogen-bond donors (Lipinski definition) is 2. The summed E-state index contributed by atoms with van der Waals surface area (Å²) >= 11 is 0. The van der Waals surface area contributed by atoms with Crippen molar-refractivity contribution in [1.82, 2.24) is 4.98 Å². The van der Waals surface area contributed by atoms with Gasteiger partial charge in [0.25, 0.3) is 0 Å². The molecule has 1 saturated carbocycles. The predicted octanol–water partition coefficient (Wildman–Crippen LogP) is 1.27. The summed E-state index contributed by atoms with van der Waals surface area (Å²) in [5.74, 6) is 0.332. The average Bonchev–Trinajstić information content (AvgIpc) is 2.71. The van der Waals surface area contributed by atoms with Crippen molar-refractivity contribution in [3.05, 3.63) is 24.4 Å². The molecular weight excluding hydrogens is 257 g/mol. The van der Waals surface area contributed by atoms with Gasteiger partial charge in [0.05, 0.1) is 0 Å². The predicted molar refractivity (Wildman–Crippen MR) is 63.2 cm³/mol. The van der Waals surface area contributed by atoms with Crippen LogP contribution in [0.2, 0.25) is 0 Å². The van der Waals surface area contributed by atoms with Crippen molar-refractivity contribution in [2.24, 2.45) is 5.92 Å². The zero-order chi connectivity index (χ0) is 13.0. The lowest BCUT2D eigenvalue weighted by Gasteiger charge is -2.11. The molecule has 2 N–H and O–H groups in total. The number of pyridine rings is 1. The van der Waals surface area contributed by atoms with E-state index in [1.54, 1.807) is 18.3 Å². The maximum absolute atomic E-state index is 10.7. The molecule has 2 rings (SSSR count). The van der Waals surface area contributed by atoms with Gasteiger partial charge < -0.3 is 9.84 Å². The van der Waals surface area contributed by atoms with E-state index < -0.39 is 14.4 Å². The molecule has 18 heavy (non-hydrogen) atoms. The monoisotopic (exact) mass is 272 g/mol. The summed E-state index contributed by atoms with van der Waals surface area (Å²) in [6.45, 7) is -0.0874. The fraction of sp³-hybridized carbons (Fsp3) is 0.545. The highest BCUT2D eigenvalue weighted by Gasteiger charge is 2.41. The molecule has 2 unspecified atom stereocenters. The lowest BCUT2D eigenvalue weighted by molar-refractivity contribution is 0.105. The first-order chi connectivity index (χ1) is 8.69. The molecule has 0 radical (unpaired) electrons. The molecule has 4 atom stereocenters. The van der Waals surface area contributed by atoms with E-state index in [1.807, 2.05) is 6.07 Å². The number of aromatic nitrogens is 1. The zero-order valence-electron chi connectivity index (χ0n) is 9.68. The second-order valence-electron chi connectivity index (χ2n) is 4.20. The largest absolute Gasteiger partial charge is 0.695 e. The Morgan fingerprint density at radius 3 is 2.89 bits per heavy atom. The number of nitrogens with zero attached hydrogens (tertiary/aromatic N) is 1. The number of aliphatic hydroxyl groups is 1. The fourth-order valence-corrected chi connectivity index (χ4v) is 2.65. The first-order valence-electron chi connectivity index (χ1n) is 5.70. The topological polar surface area (TPSA) is 88.9 Å². The normalized spacial score (nSPS) is 28.1. The van der Waals surface area contributed by atoms with Crippen LogP contribution in [0.1, 0.15) is 12.8 Å². The molecule has 98 valence electrons. The van der Waals surface area contributed by atoms with Crippen LogP contribution in [0.25, 0.3) is 0 Å². The maximum Gasteiger partial charge on any atom is 0.695 e. The minimum absolute atomic E-state index is 0.0874. The van der Waals surface area contributed by atoms with Crippen LogP contribution in [-0.4, -0.2) is 33.8 Å². The highest BCUT2D eigenvalue weighted by atomic mass is 31.1. The number of ether oxygens (including phenoxy) is 1. The molecular formula is C11H15NO5P+. The quantitative estimate of drug-likeness (QED) is 0.784. The molecule has 0 spiro atoms. The summed E-state index contributed by atoms with van der Waals surface area (Å²) in [5.41, 5.74) is 0. The van der Waals surface area contributed by atoms with Crippen molar-refractivity contribution >= 4 is 8.25 Å². The molecule has 0 saturated heterocycles. The highest BCUT2D eigenvalue weighted by Crippen LogP contribution is 2.35. The molecule has 0 aliphatic heterocycles. The van der Waals surface area contributed by atoms with Gasteiger partial charge in [-0.25, -0.2) is 4.98 Å². The molecule has 0 aromatic carbocycles. The van der Waals surface area contributed by atoms with Crippen molar-refractivity contribution in [2.45, 2.75) is 25.0 Å². The van der Waals surface area contributed by atoms with Gasteiger partial charge in [-0.05, 0) is 12.5 Å². The van der Waals surface area contributed by atoms with Crippen LogP contribution in [0, 0.1) is 5.92 Å². The Hall–Kier alpha value is -1.07. The molecule has 1 aromatic heterocycles. The summed E-state index contributed by atoms with van der Waals surface area (Å²) in [6, 6.07) is 5.36. The fourth-order valence-electron chi connectivity index (χ4n) is 2.16. The third-order valence-corrected chi connectivity index (χ3v) is 3.42. The zero-order valence-corrected chi connectivity index (χ0v) is 10.6. The Morgan fingerprint density at radius 2 is 2.28 bits per heavy atom. The Labute approximate surface area is 106 Å². The van der Waals surface area contributed by atoms with Crippen LogP contribution in [0.4, 0.5) is 0 Å². The van der Waals surface area contributed by atoms with Gasteiger partial charge in [0, 0.05) is 35.8 Å². The van der Waals surface area contributed by atoms with Crippen LogP contribution >= 0.6 is 8.25 Å². The van der Waals surface area contributed by atoms with Crippen LogP contribution in [-0.2, 0) is 9.09 Å². The Bertz CT molecular complexity index is 402. The lowest BCUT2D eigenvalue weighted by Crippen LogP contribution is -2.18. The molecule has 1 fully saturated rings. The van der Waals surface area contributed by atoms with Gasteiger partial charge in [-0.1, -0.05) is 6.07 Å². The van der Waals surface area contributed by atoms with E-state index in [9.17, 15) is 9.67 Å². The lowest BCUT2D eigenvalue weighted by atomic mass is 10.1. The van der Waals surface area contributed by atoms with Crippen molar-refractivity contribution in [1.29, 1.82) is 0 Å². The summed E-state index contributed by atoms with van der Waals surface area (Å²) in [7, 11) is -2.65. The van der Waals surface area contributed by atoms with Crippen LogP contribution in [0.5, 0.6) is 5.88 Å². The minimum Gasteiger partial charge on any atom is -0.474 e. The van der Waals surface area contributed by atoms with E-state index in [2.05, 4.69) is 4.98 Å². The summed E-state index contributed by atoms with van der Waals surface area (Å²) in [4.78, 5) is 12.8. The van der Waals surface area contributed by atoms with Gasteiger partial charge in [0.1, 0.15) is 12.2 Å². The third kappa shape index (κ3) is 3.46. The molecule has 6 nitrogen and oxygen atoms in total. The van der Waals surface area contributed by atoms with Gasteiger partial charge in [-0.15, -0.1) is 9.42 Å². The van der Waals surface area contributed by atoms with Gasteiger partial charge in [0.2, 0.25) is 5.88 Å². The Kier molecular flexibility index (Phi) is 4.60. The highest BCUT2D eigenvalue weighted by molar-refractivity contribution is 7.32. The van der Waals surface area contributed by atoms with Crippen molar-refractivity contribution in [2.75, 3.05) is 6.61 Å². The first kappa shape index (κ1) is 13.4. The van der Waals surface area contributed by atoms with Crippen molar-refractivity contribution in [3.8, 4) is 5.88 Å². The van der Waals surface area contributed by atoms with Crippen molar-refractivity contribution < 1.29 is 23.8 Å². The molecule has 1 aromatic rings. The van der Waals surface area contributed by atoms with Gasteiger partial charge >= 0.3 is 8.25 Å². The van der Waals surface area contributed by atoms with Crippen LogP contribution < -0.4 is 4.74 Å². The van der Waals surface area contributed by atoms with E-state index >= 15 is 0 Å². The first-order valence-corrected chi connectivity index (χ1v) is 6.83. The van der Waals surface area contributed by atoms with Crippen molar-refractivity contribution in [3.63, 3.8) is 0 Å². The number of rotatable bonds is 5. The minimum atomic E-state index is -2.65. The SMILES string of the molecule is O=[P+](O)OC1C[C@H](Oc2ccccn2)C[C@@H]1CO. The molecule has 1 heterocycles. The van der Waals surface area contributed by atoms with E-state index in [0.717, 1.165) is 0 Å². The average molecular weight is 272 g/mol. The van der Waals surface area contributed by atoms with E-state index in [4.69, 9.17) is 14.2 Å². The number of aliphatic hydroxyl groups excluding tert-OH is 1. The summed E-state index contributed by atoms with van der Waals surface area (Å²) in [5, 5.41) is 9.21. The standard InChI is InChI=1S/C11H14NO5P/c13-7-8-5-9(6-10(8)17-18(14)15)16-11-3-1-2-4-12-11/h1-4,8-10,13H,5-7H2/p+1/t8-,9-,10?/m1/s1. The molecule has 7 heteroatoms. The Balaban J connectivity index is 1.94. The Morgan fingerprint density at radius 1 is 1.44 bits per heavy atom. The molecule has 0 amide bonds. The molecule has 1 aliphatic rings. The van der Waals surface area contributed by atoms with Gasteiger partial charge in [-0.2, -0.15) is 0 Å². The number of hydrogen-bond acceptors (Lipinski definition) is 5. The summed E-state index contributed by atoms with van der Waals surface area (Å²) < 4.78 is 21.2. The van der Waals surface area contributed by atoms with Crippen LogP contribution in [0.3, 0.4) is 0 Å². The molecule has 1 aliphatic carbocycles. The summed E-state index contributed by atoms with van der Waals surface area (Å²) in [6.07, 6.45) is 2.09. The smallest absolute Gasteiger partial charge is 0.474 e. The van der Waals surface area contributed by atoms with Crippen LogP contribution in [0.15, 0.2) is 24.4 Å². The third-order valence-electron chi connectivity index (χ3n) is 2.97. The van der Waals surface area contributed by atoms with E-state index in [0.29, 0.717) is 18.7 Å². The van der Waals surface area contributed by atoms with E-state index in [1.165, 1.54) is 0 Å². The second kappa shape index (κ2) is 6.20. The maximum atomic E-state index is 10.7. The van der Waals surface area contributed by atoms with E-state index in [-0.39, 0.29) is 18.6 Å². The molecule has 0 bridgehead atoms. The van der Waals surface area contributed by atoms with Gasteiger partial charge in [-0.3, -0.25) is 0 Å². The second-order valence-corrected chi connectivity index (χ2v) is 4.89. The van der Waals surface area contributed by atoms with Gasteiger partial charge in [0.15, 0.2) is 0 Å².